The third-order valence-corrected chi connectivity index (χ3v) is 3.83. The van der Waals surface area contributed by atoms with Crippen LogP contribution in [0, 0.1) is 13.8 Å². The van der Waals surface area contributed by atoms with E-state index in [0.29, 0.717) is 11.5 Å². The molecule has 0 saturated carbocycles. The highest BCUT2D eigenvalue weighted by atomic mass is 16.1. The Morgan fingerprint density at radius 3 is 2.14 bits per heavy atom. The van der Waals surface area contributed by atoms with Gasteiger partial charge < -0.3 is 5.32 Å². The van der Waals surface area contributed by atoms with E-state index in [-0.39, 0.29) is 5.91 Å². The van der Waals surface area contributed by atoms with E-state index in [2.05, 4.69) is 37.4 Å². The van der Waals surface area contributed by atoms with Crippen LogP contribution in [0.25, 0.3) is 0 Å². The molecule has 0 heterocycles. The van der Waals surface area contributed by atoms with E-state index < -0.39 is 0 Å². The van der Waals surface area contributed by atoms with Gasteiger partial charge in [-0.05, 0) is 56.0 Å². The molecule has 0 bridgehead atoms. The molecule has 0 saturated heterocycles. The van der Waals surface area contributed by atoms with Crippen molar-refractivity contribution in [3.05, 3.63) is 64.7 Å². The van der Waals surface area contributed by atoms with Gasteiger partial charge in [-0.3, -0.25) is 4.79 Å². The Hall–Kier alpha value is -2.09. The summed E-state index contributed by atoms with van der Waals surface area (Å²) in [6.07, 6.45) is 1.12. The zero-order valence-electron chi connectivity index (χ0n) is 13.2. The van der Waals surface area contributed by atoms with Crippen LogP contribution in [0.1, 0.15) is 53.2 Å². The molecule has 0 aliphatic carbocycles. The summed E-state index contributed by atoms with van der Waals surface area (Å²) >= 11 is 0. The van der Waals surface area contributed by atoms with Crippen molar-refractivity contribution in [3.8, 4) is 0 Å². The summed E-state index contributed by atoms with van der Waals surface area (Å²) < 4.78 is 0. The van der Waals surface area contributed by atoms with E-state index in [1.165, 1.54) is 5.56 Å². The highest BCUT2D eigenvalue weighted by molar-refractivity contribution is 6.04. The Bertz CT molecular complexity index is 608. The van der Waals surface area contributed by atoms with Crippen LogP contribution < -0.4 is 5.32 Å². The molecule has 0 fully saturated rings. The summed E-state index contributed by atoms with van der Waals surface area (Å²) in [6, 6.07) is 14.0. The Kier molecular flexibility index (Phi) is 4.79. The lowest BCUT2D eigenvalue weighted by Gasteiger charge is -2.11. The Labute approximate surface area is 127 Å². The van der Waals surface area contributed by atoms with Gasteiger partial charge in [0.1, 0.15) is 0 Å². The van der Waals surface area contributed by atoms with E-state index in [4.69, 9.17) is 0 Å². The van der Waals surface area contributed by atoms with Crippen LogP contribution >= 0.6 is 0 Å². The smallest absolute Gasteiger partial charge is 0.255 e. The van der Waals surface area contributed by atoms with Crippen LogP contribution in [0.5, 0.6) is 0 Å². The van der Waals surface area contributed by atoms with Gasteiger partial charge in [-0.25, -0.2) is 0 Å². The van der Waals surface area contributed by atoms with E-state index in [0.717, 1.165) is 23.2 Å². The van der Waals surface area contributed by atoms with E-state index >= 15 is 0 Å². The molecule has 0 unspecified atom stereocenters. The maximum atomic E-state index is 12.3. The largest absolute Gasteiger partial charge is 0.322 e. The Morgan fingerprint density at radius 1 is 1.05 bits per heavy atom. The van der Waals surface area contributed by atoms with E-state index in [9.17, 15) is 4.79 Å². The van der Waals surface area contributed by atoms with Crippen molar-refractivity contribution in [1.29, 1.82) is 0 Å². The number of benzene rings is 2. The van der Waals surface area contributed by atoms with Gasteiger partial charge in [0, 0.05) is 11.3 Å². The van der Waals surface area contributed by atoms with Gasteiger partial charge in [-0.2, -0.15) is 0 Å². The fraction of sp³-hybridized carbons (Fsp3) is 0.316. The molecular weight excluding hydrogens is 258 g/mol. The summed E-state index contributed by atoms with van der Waals surface area (Å²) in [5, 5.41) is 2.96. The average molecular weight is 281 g/mol. The lowest BCUT2D eigenvalue weighted by molar-refractivity contribution is 0.102. The van der Waals surface area contributed by atoms with Gasteiger partial charge >= 0.3 is 0 Å². The molecule has 1 N–H and O–H groups in total. The lowest BCUT2D eigenvalue weighted by Crippen LogP contribution is -2.12. The average Bonchev–Trinajstić information content (AvgIpc) is 2.46. The summed E-state index contributed by atoms with van der Waals surface area (Å²) in [4.78, 5) is 12.3. The second-order valence-corrected chi connectivity index (χ2v) is 5.76. The molecule has 2 nitrogen and oxygen atoms in total. The Morgan fingerprint density at radius 2 is 1.62 bits per heavy atom. The number of hydrogen-bond acceptors (Lipinski definition) is 1. The molecule has 0 aliphatic rings. The van der Waals surface area contributed by atoms with Crippen molar-refractivity contribution >= 4 is 11.6 Å². The minimum absolute atomic E-state index is 0.0573. The summed E-state index contributed by atoms with van der Waals surface area (Å²) in [5.74, 6) is 0.493. The second-order valence-electron chi connectivity index (χ2n) is 5.76. The molecule has 1 amide bonds. The molecule has 2 rings (SSSR count). The van der Waals surface area contributed by atoms with Crippen LogP contribution in [0.4, 0.5) is 5.69 Å². The van der Waals surface area contributed by atoms with E-state index in [1.54, 1.807) is 0 Å². The maximum absolute atomic E-state index is 12.3. The zero-order valence-corrected chi connectivity index (χ0v) is 13.2. The van der Waals surface area contributed by atoms with Gasteiger partial charge in [0.25, 0.3) is 5.91 Å². The van der Waals surface area contributed by atoms with Crippen LogP contribution in [0.2, 0.25) is 0 Å². The number of amides is 1. The molecule has 1 atom stereocenters. The van der Waals surface area contributed by atoms with Gasteiger partial charge in [0.15, 0.2) is 0 Å². The van der Waals surface area contributed by atoms with Gasteiger partial charge in [-0.1, -0.05) is 43.2 Å². The topological polar surface area (TPSA) is 29.1 Å². The molecule has 0 radical (unpaired) electrons. The van der Waals surface area contributed by atoms with Crippen LogP contribution in [-0.4, -0.2) is 5.91 Å². The quantitative estimate of drug-likeness (QED) is 0.833. The minimum atomic E-state index is -0.0573. The predicted molar refractivity (Wildman–Crippen MR) is 89.0 cm³/mol. The van der Waals surface area contributed by atoms with Crippen molar-refractivity contribution < 1.29 is 4.79 Å². The van der Waals surface area contributed by atoms with Crippen LogP contribution in [0.15, 0.2) is 42.5 Å². The molecular formula is C19H23NO. The monoisotopic (exact) mass is 281 g/mol. The number of hydrogen-bond donors (Lipinski definition) is 1. The molecule has 110 valence electrons. The van der Waals surface area contributed by atoms with Crippen molar-refractivity contribution in [3.63, 3.8) is 0 Å². The highest BCUT2D eigenvalue weighted by Crippen LogP contribution is 2.21. The number of carbonyl (C=O) groups is 1. The zero-order chi connectivity index (χ0) is 15.4. The molecule has 0 aliphatic heterocycles. The fourth-order valence-corrected chi connectivity index (χ4v) is 2.44. The van der Waals surface area contributed by atoms with Gasteiger partial charge in [0.05, 0.1) is 0 Å². The van der Waals surface area contributed by atoms with Crippen molar-refractivity contribution in [2.24, 2.45) is 0 Å². The normalized spacial score (nSPS) is 12.0. The number of nitrogens with one attached hydrogen (secondary N) is 1. The first-order valence-corrected chi connectivity index (χ1v) is 7.49. The summed E-state index contributed by atoms with van der Waals surface area (Å²) in [7, 11) is 0. The number of carbonyl (C=O) groups excluding carboxylic acids is 1. The molecule has 2 aromatic carbocycles. The standard InChI is InChI=1S/C19H23NO/c1-5-15(4)16-6-8-18(9-7-16)20-19(21)17-11-13(2)10-14(3)12-17/h6-12,15H,5H2,1-4H3,(H,20,21)/t15-/m0/s1. The van der Waals surface area contributed by atoms with Crippen molar-refractivity contribution in [2.75, 3.05) is 5.32 Å². The van der Waals surface area contributed by atoms with E-state index in [1.807, 2.05) is 38.1 Å². The molecule has 21 heavy (non-hydrogen) atoms. The molecule has 2 aromatic rings. The summed E-state index contributed by atoms with van der Waals surface area (Å²) in [5.41, 5.74) is 5.06. The SMILES string of the molecule is CC[C@H](C)c1ccc(NC(=O)c2cc(C)cc(C)c2)cc1. The van der Waals surface area contributed by atoms with Crippen molar-refractivity contribution in [1.82, 2.24) is 0 Å². The maximum Gasteiger partial charge on any atom is 0.255 e. The fourth-order valence-electron chi connectivity index (χ4n) is 2.44. The van der Waals surface area contributed by atoms with Crippen LogP contribution in [-0.2, 0) is 0 Å². The predicted octanol–water partition coefficient (Wildman–Crippen LogP) is 5.07. The first-order chi connectivity index (χ1) is 9.99. The summed E-state index contributed by atoms with van der Waals surface area (Å²) in [6.45, 7) is 8.40. The third kappa shape index (κ3) is 3.94. The Balaban J connectivity index is 2.12. The number of aryl methyl sites for hydroxylation is 2. The first-order valence-electron chi connectivity index (χ1n) is 7.49. The minimum Gasteiger partial charge on any atom is -0.322 e. The van der Waals surface area contributed by atoms with Gasteiger partial charge in [-0.15, -0.1) is 0 Å². The third-order valence-electron chi connectivity index (χ3n) is 3.83. The molecule has 0 aromatic heterocycles. The van der Waals surface area contributed by atoms with Crippen LogP contribution in [0.3, 0.4) is 0 Å². The number of rotatable bonds is 4. The lowest BCUT2D eigenvalue weighted by atomic mass is 9.98. The molecule has 2 heteroatoms. The number of anilines is 1. The second kappa shape index (κ2) is 6.57. The van der Waals surface area contributed by atoms with Crippen molar-refractivity contribution in [2.45, 2.75) is 40.0 Å². The highest BCUT2D eigenvalue weighted by Gasteiger charge is 2.08. The first kappa shape index (κ1) is 15.3. The van der Waals surface area contributed by atoms with Gasteiger partial charge in [0.2, 0.25) is 0 Å². The molecule has 0 spiro atoms.